The molecule has 0 bridgehead atoms. The normalized spacial score (nSPS) is 15.0. The summed E-state index contributed by atoms with van der Waals surface area (Å²) in [7, 11) is -10.1. The van der Waals surface area contributed by atoms with Gasteiger partial charge in [-0.1, -0.05) is 0 Å². The summed E-state index contributed by atoms with van der Waals surface area (Å²) in [5.74, 6) is 0. The van der Waals surface area contributed by atoms with Crippen LogP contribution in [0, 0.1) is 0 Å². The fourth-order valence-corrected chi connectivity index (χ4v) is 1.26. The third kappa shape index (κ3) is 4.84. The van der Waals surface area contributed by atoms with Crippen LogP contribution in [0.5, 0.6) is 0 Å². The van der Waals surface area contributed by atoms with Crippen molar-refractivity contribution in [3.8, 4) is 0 Å². The molecule has 9 heteroatoms. The Balaban J connectivity index is 5.11. The molecule has 66 valence electrons. The van der Waals surface area contributed by atoms with Gasteiger partial charge in [-0.2, -0.15) is 21.2 Å². The Morgan fingerprint density at radius 3 is 1.64 bits per heavy atom. The van der Waals surface area contributed by atoms with Crippen molar-refractivity contribution in [2.45, 2.75) is 0 Å². The first kappa shape index (κ1) is 10.5. The topological polar surface area (TPSA) is 109 Å². The molecule has 0 spiro atoms. The second-order valence-corrected chi connectivity index (χ2v) is 4.02. The summed E-state index contributed by atoms with van der Waals surface area (Å²) in [4.78, 5) is 0. The first-order valence-corrected chi connectivity index (χ1v) is 4.89. The highest BCUT2D eigenvalue weighted by Crippen LogP contribution is 2.06. The molecular formula is C2H3FO6S2. The zero-order valence-corrected chi connectivity index (χ0v) is 6.43. The predicted octanol–water partition coefficient (Wildman–Crippen LogP) is -0.470. The van der Waals surface area contributed by atoms with Crippen molar-refractivity contribution in [2.24, 2.45) is 0 Å². The highest BCUT2D eigenvalue weighted by Gasteiger charge is 2.16. The maximum Gasteiger partial charge on any atom is 0.322 e. The van der Waals surface area contributed by atoms with E-state index in [4.69, 9.17) is 9.11 Å². The Bertz CT molecular complexity index is 359. The second kappa shape index (κ2) is 2.85. The molecule has 0 saturated carbocycles. The van der Waals surface area contributed by atoms with Gasteiger partial charge in [0.05, 0.1) is 0 Å². The minimum Gasteiger partial charge on any atom is -0.282 e. The monoisotopic (exact) mass is 206 g/mol. The van der Waals surface area contributed by atoms with Gasteiger partial charge in [-0.05, 0) is 0 Å². The third-order valence-electron chi connectivity index (χ3n) is 0.488. The summed E-state index contributed by atoms with van der Waals surface area (Å²) >= 11 is 0. The van der Waals surface area contributed by atoms with E-state index in [0.717, 1.165) is 0 Å². The lowest BCUT2D eigenvalue weighted by atomic mass is 11.2. The minimum absolute atomic E-state index is 0.623. The molecule has 6 nitrogen and oxygen atoms in total. The standard InChI is InChI=1S/C2H3FO6S2/c3-2(11(7,8)9)1-10(4,5)6/h1H,(H,4,5,6)(H,7,8,9). The number of hydrogen-bond donors (Lipinski definition) is 2. The summed E-state index contributed by atoms with van der Waals surface area (Å²) in [5, 5.41) is -2.96. The van der Waals surface area contributed by atoms with Crippen LogP contribution in [0.2, 0.25) is 0 Å². The molecule has 2 N–H and O–H groups in total. The van der Waals surface area contributed by atoms with Gasteiger partial charge in [-0.15, -0.1) is 0 Å². The van der Waals surface area contributed by atoms with Crippen LogP contribution in [0.4, 0.5) is 4.39 Å². The van der Waals surface area contributed by atoms with E-state index in [1.807, 2.05) is 0 Å². The maximum atomic E-state index is 11.9. The van der Waals surface area contributed by atoms with Gasteiger partial charge in [0, 0.05) is 0 Å². The quantitative estimate of drug-likeness (QED) is 0.591. The predicted molar refractivity (Wildman–Crippen MR) is 32.3 cm³/mol. The highest BCUT2D eigenvalue weighted by molar-refractivity contribution is 7.92. The summed E-state index contributed by atoms with van der Waals surface area (Å²) in [6.07, 6.45) is 0. The first-order valence-electron chi connectivity index (χ1n) is 1.95. The van der Waals surface area contributed by atoms with Crippen LogP contribution >= 0.6 is 0 Å². The Morgan fingerprint density at radius 1 is 1.18 bits per heavy atom. The summed E-state index contributed by atoms with van der Waals surface area (Å²) in [6, 6.07) is 0. The molecule has 0 rings (SSSR count). The molecule has 0 aromatic heterocycles. The van der Waals surface area contributed by atoms with Crippen LogP contribution in [0.1, 0.15) is 0 Å². The molecule has 0 saturated heterocycles. The van der Waals surface area contributed by atoms with E-state index < -0.39 is 30.8 Å². The lowest BCUT2D eigenvalue weighted by Crippen LogP contribution is -2.00. The molecule has 0 unspecified atom stereocenters. The largest absolute Gasteiger partial charge is 0.322 e. The van der Waals surface area contributed by atoms with Gasteiger partial charge in [0.15, 0.2) is 0 Å². The molecule has 0 heterocycles. The molecule has 0 radical (unpaired) electrons. The average molecular weight is 206 g/mol. The van der Waals surface area contributed by atoms with E-state index in [9.17, 15) is 21.2 Å². The lowest BCUT2D eigenvalue weighted by Gasteiger charge is -1.88. The minimum atomic E-state index is -5.18. The Morgan fingerprint density at radius 2 is 1.55 bits per heavy atom. The van der Waals surface area contributed by atoms with Crippen molar-refractivity contribution < 1.29 is 30.3 Å². The van der Waals surface area contributed by atoms with Gasteiger partial charge in [0.2, 0.25) is 0 Å². The van der Waals surface area contributed by atoms with Crippen LogP contribution in [0.3, 0.4) is 0 Å². The van der Waals surface area contributed by atoms with Crippen LogP contribution in [0.15, 0.2) is 10.6 Å². The number of rotatable bonds is 2. The number of hydrogen-bond acceptors (Lipinski definition) is 4. The first-order chi connectivity index (χ1) is 4.63. The fraction of sp³-hybridized carbons (Fsp3) is 0. The summed E-state index contributed by atoms with van der Waals surface area (Å²) in [5.41, 5.74) is 0. The molecule has 0 amide bonds. The molecule has 0 aliphatic rings. The van der Waals surface area contributed by atoms with Gasteiger partial charge < -0.3 is 0 Å². The molecule has 11 heavy (non-hydrogen) atoms. The molecule has 0 atom stereocenters. The van der Waals surface area contributed by atoms with Crippen molar-refractivity contribution in [3.63, 3.8) is 0 Å². The van der Waals surface area contributed by atoms with Crippen molar-refractivity contribution >= 4 is 20.2 Å². The lowest BCUT2D eigenvalue weighted by molar-refractivity contribution is 0.470. The van der Waals surface area contributed by atoms with Gasteiger partial charge in [0.1, 0.15) is 5.41 Å². The summed E-state index contributed by atoms with van der Waals surface area (Å²) < 4.78 is 66.5. The third-order valence-corrected chi connectivity index (χ3v) is 1.75. The Hall–Kier alpha value is -0.510. The van der Waals surface area contributed by atoms with Crippen LogP contribution < -0.4 is 0 Å². The van der Waals surface area contributed by atoms with Gasteiger partial charge in [0.25, 0.3) is 15.3 Å². The highest BCUT2D eigenvalue weighted by atomic mass is 32.2. The molecule has 0 fully saturated rings. The van der Waals surface area contributed by atoms with Crippen LogP contribution in [-0.4, -0.2) is 25.9 Å². The van der Waals surface area contributed by atoms with Crippen molar-refractivity contribution in [3.05, 3.63) is 10.6 Å². The number of halogens is 1. The van der Waals surface area contributed by atoms with Crippen molar-refractivity contribution in [1.82, 2.24) is 0 Å². The van der Waals surface area contributed by atoms with E-state index in [0.29, 0.717) is 0 Å². The Labute approximate surface area is 61.8 Å². The smallest absolute Gasteiger partial charge is 0.282 e. The van der Waals surface area contributed by atoms with Crippen molar-refractivity contribution in [1.29, 1.82) is 0 Å². The SMILES string of the molecule is O=S(=O)(O)C=C(F)S(=O)(=O)O. The van der Waals surface area contributed by atoms with E-state index in [1.165, 1.54) is 0 Å². The van der Waals surface area contributed by atoms with Gasteiger partial charge in [-0.25, -0.2) is 0 Å². The maximum absolute atomic E-state index is 11.9. The zero-order chi connectivity index (χ0) is 9.28. The second-order valence-electron chi connectivity index (χ2n) is 1.41. The molecular weight excluding hydrogens is 203 g/mol. The van der Waals surface area contributed by atoms with Crippen LogP contribution in [-0.2, 0) is 20.2 Å². The molecule has 0 aliphatic heterocycles. The summed E-state index contributed by atoms with van der Waals surface area (Å²) in [6.45, 7) is 0. The fourth-order valence-electron chi connectivity index (χ4n) is 0.178. The molecule has 0 aromatic carbocycles. The van der Waals surface area contributed by atoms with E-state index in [1.54, 1.807) is 0 Å². The van der Waals surface area contributed by atoms with Crippen LogP contribution in [0.25, 0.3) is 0 Å². The van der Waals surface area contributed by atoms with E-state index in [2.05, 4.69) is 0 Å². The van der Waals surface area contributed by atoms with E-state index >= 15 is 0 Å². The molecule has 0 aliphatic carbocycles. The van der Waals surface area contributed by atoms with Gasteiger partial charge in [-0.3, -0.25) is 9.11 Å². The average Bonchev–Trinajstić information content (AvgIpc) is 1.56. The van der Waals surface area contributed by atoms with Crippen molar-refractivity contribution in [2.75, 3.05) is 0 Å². The Kier molecular flexibility index (Phi) is 2.72. The van der Waals surface area contributed by atoms with E-state index in [-0.39, 0.29) is 0 Å². The zero-order valence-electron chi connectivity index (χ0n) is 4.80. The molecule has 0 aromatic rings. The van der Waals surface area contributed by atoms with Gasteiger partial charge >= 0.3 is 10.1 Å².